The minimum absolute atomic E-state index is 0.133. The Hall–Kier alpha value is -2.28. The number of hydrogen-bond donors (Lipinski definition) is 1. The number of hydrogen-bond acceptors (Lipinski definition) is 3. The summed E-state index contributed by atoms with van der Waals surface area (Å²) < 4.78 is 5.28. The quantitative estimate of drug-likeness (QED) is 0.682. The van der Waals surface area contributed by atoms with Crippen LogP contribution in [0.2, 0.25) is 0 Å². The predicted molar refractivity (Wildman–Crippen MR) is 90.9 cm³/mol. The minimum atomic E-state index is -0.286. The third-order valence-electron chi connectivity index (χ3n) is 4.54. The fourth-order valence-corrected chi connectivity index (χ4v) is 3.02. The van der Waals surface area contributed by atoms with Gasteiger partial charge in [0.2, 0.25) is 0 Å². The number of nitrogens with zero attached hydrogens (tertiary/aromatic N) is 1. The highest BCUT2D eigenvalue weighted by molar-refractivity contribution is 6.01. The lowest BCUT2D eigenvalue weighted by molar-refractivity contribution is -0.118. The van der Waals surface area contributed by atoms with Gasteiger partial charge in [0.15, 0.2) is 0 Å². The molecule has 1 amide bonds. The molecule has 4 heteroatoms. The smallest absolute Gasteiger partial charge is 0.262 e. The molecule has 1 N–H and O–H groups in total. The monoisotopic (exact) mass is 312 g/mol. The second-order valence-corrected chi connectivity index (χ2v) is 6.24. The number of rotatable bonds is 4. The van der Waals surface area contributed by atoms with Crippen molar-refractivity contribution in [2.75, 3.05) is 7.11 Å². The number of amides is 1. The van der Waals surface area contributed by atoms with Crippen molar-refractivity contribution in [1.29, 1.82) is 5.26 Å². The molecule has 1 fully saturated rings. The van der Waals surface area contributed by atoms with E-state index in [0.29, 0.717) is 5.92 Å². The summed E-state index contributed by atoms with van der Waals surface area (Å²) in [7, 11) is 1.61. The van der Waals surface area contributed by atoms with E-state index in [1.165, 1.54) is 6.42 Å². The molecule has 2 atom stereocenters. The van der Waals surface area contributed by atoms with Gasteiger partial charge in [-0.25, -0.2) is 0 Å². The molecule has 0 saturated heterocycles. The summed E-state index contributed by atoms with van der Waals surface area (Å²) in [6, 6.07) is 7.82. The highest BCUT2D eigenvalue weighted by Crippen LogP contribution is 2.24. The van der Waals surface area contributed by atoms with E-state index in [2.05, 4.69) is 12.2 Å². The Bertz CT molecular complexity index is 643. The largest absolute Gasteiger partial charge is 0.496 e. The molecule has 0 aliphatic heterocycles. The summed E-state index contributed by atoms with van der Waals surface area (Å²) >= 11 is 0. The first kappa shape index (κ1) is 17.1. The van der Waals surface area contributed by atoms with Gasteiger partial charge in [-0.05, 0) is 49.0 Å². The van der Waals surface area contributed by atoms with Gasteiger partial charge in [0.05, 0.1) is 7.11 Å². The maximum Gasteiger partial charge on any atom is 0.262 e. The average Bonchev–Trinajstić information content (AvgIpc) is 2.56. The van der Waals surface area contributed by atoms with Gasteiger partial charge in [-0.15, -0.1) is 0 Å². The lowest BCUT2D eigenvalue weighted by atomic mass is 9.86. The summed E-state index contributed by atoms with van der Waals surface area (Å²) in [5, 5.41) is 12.3. The maximum atomic E-state index is 12.4. The first-order valence-corrected chi connectivity index (χ1v) is 8.12. The van der Waals surface area contributed by atoms with E-state index in [9.17, 15) is 10.1 Å². The number of ether oxygens (including phenoxy) is 1. The summed E-state index contributed by atoms with van der Waals surface area (Å²) in [5.74, 6) is 0.926. The minimum Gasteiger partial charge on any atom is -0.496 e. The van der Waals surface area contributed by atoms with Crippen LogP contribution in [0.4, 0.5) is 0 Å². The fourth-order valence-electron chi connectivity index (χ4n) is 3.02. The van der Waals surface area contributed by atoms with E-state index < -0.39 is 0 Å². The zero-order valence-corrected chi connectivity index (χ0v) is 14.1. The van der Waals surface area contributed by atoms with Crippen LogP contribution in [0.1, 0.15) is 43.7 Å². The van der Waals surface area contributed by atoms with Crippen LogP contribution in [0.15, 0.2) is 23.8 Å². The number of carbonyl (C=O) groups excluding carboxylic acids is 1. The van der Waals surface area contributed by atoms with E-state index in [4.69, 9.17) is 4.74 Å². The molecule has 0 spiro atoms. The van der Waals surface area contributed by atoms with Crippen LogP contribution in [0.3, 0.4) is 0 Å². The molecule has 1 aromatic rings. The fraction of sp³-hybridized carbons (Fsp3) is 0.474. The van der Waals surface area contributed by atoms with Crippen molar-refractivity contribution in [2.45, 2.75) is 45.6 Å². The SMILES string of the molecule is COc1cc(/C=C(\C#N)C(=O)NC2CCCCC2C)ccc1C. The van der Waals surface area contributed by atoms with Crippen molar-refractivity contribution in [1.82, 2.24) is 5.32 Å². The topological polar surface area (TPSA) is 62.1 Å². The molecule has 0 heterocycles. The third kappa shape index (κ3) is 4.35. The molecule has 23 heavy (non-hydrogen) atoms. The molecule has 1 saturated carbocycles. The van der Waals surface area contributed by atoms with E-state index in [1.807, 2.05) is 31.2 Å². The van der Waals surface area contributed by atoms with Crippen LogP contribution in [-0.2, 0) is 4.79 Å². The molecule has 0 bridgehead atoms. The Kier molecular flexibility index (Phi) is 5.81. The number of methoxy groups -OCH3 is 1. The molecule has 1 aromatic carbocycles. The van der Waals surface area contributed by atoms with E-state index >= 15 is 0 Å². The molecule has 4 nitrogen and oxygen atoms in total. The molecule has 1 aliphatic carbocycles. The number of carbonyl (C=O) groups is 1. The highest BCUT2D eigenvalue weighted by atomic mass is 16.5. The van der Waals surface area contributed by atoms with Gasteiger partial charge in [-0.2, -0.15) is 5.26 Å². The van der Waals surface area contributed by atoms with Crippen LogP contribution in [-0.4, -0.2) is 19.1 Å². The molecule has 0 aromatic heterocycles. The van der Waals surface area contributed by atoms with Gasteiger partial charge in [-0.1, -0.05) is 31.9 Å². The van der Waals surface area contributed by atoms with Crippen LogP contribution >= 0.6 is 0 Å². The molecule has 1 aliphatic rings. The van der Waals surface area contributed by atoms with Crippen molar-refractivity contribution < 1.29 is 9.53 Å². The Morgan fingerprint density at radius 3 is 2.78 bits per heavy atom. The van der Waals surface area contributed by atoms with Crippen molar-refractivity contribution in [3.8, 4) is 11.8 Å². The molecular formula is C19H24N2O2. The number of nitrogens with one attached hydrogen (secondary N) is 1. The molecule has 2 rings (SSSR count). The van der Waals surface area contributed by atoms with Gasteiger partial charge in [-0.3, -0.25) is 4.79 Å². The van der Waals surface area contributed by atoms with Crippen molar-refractivity contribution in [2.24, 2.45) is 5.92 Å². The average molecular weight is 312 g/mol. The van der Waals surface area contributed by atoms with Gasteiger partial charge in [0.1, 0.15) is 17.4 Å². The van der Waals surface area contributed by atoms with Crippen LogP contribution < -0.4 is 10.1 Å². The standard InChI is InChI=1S/C19H24N2O2/c1-13-6-4-5-7-17(13)21-19(22)16(12-20)10-15-9-8-14(2)18(11-15)23-3/h8-11,13,17H,4-7H2,1-3H3,(H,21,22)/b16-10+. The zero-order chi connectivity index (χ0) is 16.8. The van der Waals surface area contributed by atoms with E-state index in [0.717, 1.165) is 36.1 Å². The number of benzene rings is 1. The molecule has 2 unspecified atom stereocenters. The van der Waals surface area contributed by atoms with Gasteiger partial charge in [0.25, 0.3) is 5.91 Å². The van der Waals surface area contributed by atoms with Crippen molar-refractivity contribution in [3.05, 3.63) is 34.9 Å². The third-order valence-corrected chi connectivity index (χ3v) is 4.54. The maximum absolute atomic E-state index is 12.4. The highest BCUT2D eigenvalue weighted by Gasteiger charge is 2.24. The van der Waals surface area contributed by atoms with Gasteiger partial charge >= 0.3 is 0 Å². The van der Waals surface area contributed by atoms with Crippen LogP contribution in [0.5, 0.6) is 5.75 Å². The molecule has 0 radical (unpaired) electrons. The lowest BCUT2D eigenvalue weighted by Gasteiger charge is -2.29. The lowest BCUT2D eigenvalue weighted by Crippen LogP contribution is -2.41. The summed E-state index contributed by atoms with van der Waals surface area (Å²) in [6.07, 6.45) is 6.09. The predicted octanol–water partition coefficient (Wildman–Crippen LogP) is 3.61. The first-order chi connectivity index (χ1) is 11.0. The Balaban J connectivity index is 2.15. The zero-order valence-electron chi connectivity index (χ0n) is 14.1. The van der Waals surface area contributed by atoms with Crippen molar-refractivity contribution >= 4 is 12.0 Å². The first-order valence-electron chi connectivity index (χ1n) is 8.12. The van der Waals surface area contributed by atoms with Crippen LogP contribution in [0.25, 0.3) is 6.08 Å². The number of aryl methyl sites for hydroxylation is 1. The summed E-state index contributed by atoms with van der Waals surface area (Å²) in [4.78, 5) is 12.4. The summed E-state index contributed by atoms with van der Waals surface area (Å²) in [6.45, 7) is 4.11. The van der Waals surface area contributed by atoms with E-state index in [1.54, 1.807) is 13.2 Å². The van der Waals surface area contributed by atoms with Crippen molar-refractivity contribution in [3.63, 3.8) is 0 Å². The second kappa shape index (κ2) is 7.82. The Labute approximate surface area is 138 Å². The Morgan fingerprint density at radius 1 is 1.39 bits per heavy atom. The van der Waals surface area contributed by atoms with Crippen LogP contribution in [0, 0.1) is 24.2 Å². The van der Waals surface area contributed by atoms with E-state index in [-0.39, 0.29) is 17.5 Å². The molecule has 122 valence electrons. The number of nitriles is 1. The Morgan fingerprint density at radius 2 is 2.13 bits per heavy atom. The second-order valence-electron chi connectivity index (χ2n) is 6.24. The normalized spacial score (nSPS) is 21.4. The summed E-state index contributed by atoms with van der Waals surface area (Å²) in [5.41, 5.74) is 1.94. The van der Waals surface area contributed by atoms with Gasteiger partial charge < -0.3 is 10.1 Å². The molecular weight excluding hydrogens is 288 g/mol. The van der Waals surface area contributed by atoms with Gasteiger partial charge in [0, 0.05) is 6.04 Å².